The first-order chi connectivity index (χ1) is 16.2. The van der Waals surface area contributed by atoms with Crippen molar-refractivity contribution in [1.82, 2.24) is 0 Å². The molecule has 0 fully saturated rings. The number of amides is 2. The average molecular weight is 538 g/mol. The van der Waals surface area contributed by atoms with Crippen LogP contribution in [0.25, 0.3) is 0 Å². The van der Waals surface area contributed by atoms with E-state index in [1.807, 2.05) is 0 Å². The zero-order chi connectivity index (χ0) is 24.6. The van der Waals surface area contributed by atoms with Crippen LogP contribution in [-0.4, -0.2) is 22.9 Å². The van der Waals surface area contributed by atoms with Gasteiger partial charge in [0, 0.05) is 11.8 Å². The Hall–Kier alpha value is -3.23. The molecule has 7 nitrogen and oxygen atoms in total. The smallest absolute Gasteiger partial charge is 0.343 e. The first-order valence-corrected chi connectivity index (χ1v) is 11.0. The van der Waals surface area contributed by atoms with Gasteiger partial charge in [-0.2, -0.15) is 0 Å². The summed E-state index contributed by atoms with van der Waals surface area (Å²) in [6.07, 6.45) is 0. The first-order valence-electron chi connectivity index (χ1n) is 9.47. The van der Waals surface area contributed by atoms with E-state index >= 15 is 0 Å². The zero-order valence-electron chi connectivity index (χ0n) is 16.8. The Morgan fingerprint density at radius 2 is 1.50 bits per heavy atom. The molecule has 172 valence electrons. The van der Waals surface area contributed by atoms with Gasteiger partial charge in [-0.05, 0) is 54.6 Å². The van der Waals surface area contributed by atoms with Crippen LogP contribution in [0.15, 0.2) is 71.4 Å². The summed E-state index contributed by atoms with van der Waals surface area (Å²) < 4.78 is 5.20. The number of phenols is 1. The van der Waals surface area contributed by atoms with Gasteiger partial charge in [-0.15, -0.1) is 0 Å². The molecule has 3 aromatic carbocycles. The molecule has 0 unspecified atom stereocenters. The van der Waals surface area contributed by atoms with E-state index in [1.165, 1.54) is 60.7 Å². The Labute approximate surface area is 213 Å². The Bertz CT molecular complexity index is 1370. The molecule has 1 aliphatic heterocycles. The highest BCUT2D eigenvalue weighted by Crippen LogP contribution is 2.34. The fourth-order valence-corrected chi connectivity index (χ4v) is 3.65. The van der Waals surface area contributed by atoms with Gasteiger partial charge in [0.1, 0.15) is 22.2 Å². The molecule has 0 aliphatic carbocycles. The second kappa shape index (κ2) is 9.56. The Balaban J connectivity index is 1.48. The predicted octanol–water partition coefficient (Wildman–Crippen LogP) is 6.01. The van der Waals surface area contributed by atoms with Crippen molar-refractivity contribution in [1.29, 1.82) is 0 Å². The van der Waals surface area contributed by atoms with Crippen LogP contribution in [0.3, 0.4) is 0 Å². The molecule has 1 aliphatic rings. The van der Waals surface area contributed by atoms with Gasteiger partial charge in [0.05, 0.1) is 26.3 Å². The van der Waals surface area contributed by atoms with Crippen LogP contribution in [0, 0.1) is 0 Å². The first kappa shape index (κ1) is 23.9. The number of nitrogens with zero attached hydrogens (tertiary/aromatic N) is 1. The van der Waals surface area contributed by atoms with E-state index in [4.69, 9.17) is 51.1 Å². The van der Waals surface area contributed by atoms with Gasteiger partial charge in [-0.25, -0.2) is 9.69 Å². The van der Waals surface area contributed by atoms with Gasteiger partial charge in [0.25, 0.3) is 11.8 Å². The molecule has 0 saturated heterocycles. The fourth-order valence-electron chi connectivity index (χ4n) is 3.03. The van der Waals surface area contributed by atoms with Crippen LogP contribution >= 0.6 is 46.4 Å². The molecule has 3 aromatic rings. The zero-order valence-corrected chi connectivity index (χ0v) is 19.8. The summed E-state index contributed by atoms with van der Waals surface area (Å²) in [5.74, 6) is -2.19. The number of esters is 1. The van der Waals surface area contributed by atoms with Gasteiger partial charge in [-0.1, -0.05) is 46.4 Å². The van der Waals surface area contributed by atoms with Crippen molar-refractivity contribution < 1.29 is 24.2 Å². The number of ether oxygens (including phenoxy) is 1. The van der Waals surface area contributed by atoms with Gasteiger partial charge in [-0.3, -0.25) is 9.59 Å². The van der Waals surface area contributed by atoms with Crippen molar-refractivity contribution in [3.8, 4) is 11.5 Å². The quantitative estimate of drug-likeness (QED) is 0.235. The van der Waals surface area contributed by atoms with E-state index in [0.29, 0.717) is 5.69 Å². The van der Waals surface area contributed by atoms with E-state index in [-0.39, 0.29) is 48.5 Å². The maximum Gasteiger partial charge on any atom is 0.343 e. The van der Waals surface area contributed by atoms with Gasteiger partial charge < -0.3 is 15.2 Å². The molecule has 0 aromatic heterocycles. The molecule has 2 amide bonds. The van der Waals surface area contributed by atoms with Crippen LogP contribution in [0.1, 0.15) is 10.4 Å². The second-order valence-corrected chi connectivity index (χ2v) is 8.54. The summed E-state index contributed by atoms with van der Waals surface area (Å²) in [5, 5.41) is 12.7. The number of nitrogens with one attached hydrogen (secondary N) is 1. The minimum atomic E-state index is -0.723. The fraction of sp³-hybridized carbons (Fsp3) is 0. The highest BCUT2D eigenvalue weighted by Gasteiger charge is 2.39. The molecular formula is C23H12Cl4N2O5. The number of benzene rings is 3. The lowest BCUT2D eigenvalue weighted by atomic mass is 10.2. The molecule has 0 spiro atoms. The molecule has 0 saturated carbocycles. The molecule has 1 heterocycles. The Morgan fingerprint density at radius 1 is 0.824 bits per heavy atom. The molecular weight excluding hydrogens is 526 g/mol. The number of phenolic OH excluding ortho intramolecular Hbond substituents is 1. The van der Waals surface area contributed by atoms with Crippen LogP contribution < -0.4 is 15.0 Å². The molecule has 0 radical (unpaired) electrons. The predicted molar refractivity (Wildman–Crippen MR) is 130 cm³/mol. The number of carbonyl (C=O) groups excluding carboxylic acids is 3. The highest BCUT2D eigenvalue weighted by molar-refractivity contribution is 6.53. The van der Waals surface area contributed by atoms with Crippen LogP contribution in [0.2, 0.25) is 15.1 Å². The van der Waals surface area contributed by atoms with E-state index in [1.54, 1.807) is 0 Å². The SMILES string of the molecule is O=C(Oc1ccc(Cl)c(O)c1)c1ccc(NC2=C(Cl)C(=O)N(c3ccc(Cl)c(Cl)c3)C2=O)cc1. The molecule has 0 atom stereocenters. The maximum atomic E-state index is 12.9. The second-order valence-electron chi connectivity index (χ2n) is 6.94. The number of halogens is 4. The van der Waals surface area contributed by atoms with Crippen molar-refractivity contribution in [3.05, 3.63) is 92.0 Å². The van der Waals surface area contributed by atoms with Crippen LogP contribution in [0.4, 0.5) is 11.4 Å². The summed E-state index contributed by atoms with van der Waals surface area (Å²) >= 11 is 23.8. The maximum absolute atomic E-state index is 12.9. The third-order valence-electron chi connectivity index (χ3n) is 4.71. The summed E-state index contributed by atoms with van der Waals surface area (Å²) in [5.41, 5.74) is 0.674. The number of rotatable bonds is 5. The van der Waals surface area contributed by atoms with E-state index in [2.05, 4.69) is 5.32 Å². The lowest BCUT2D eigenvalue weighted by Crippen LogP contribution is -2.32. The lowest BCUT2D eigenvalue weighted by Gasteiger charge is -2.15. The van der Waals surface area contributed by atoms with Crippen molar-refractivity contribution in [2.45, 2.75) is 0 Å². The highest BCUT2D eigenvalue weighted by atomic mass is 35.5. The normalized spacial score (nSPS) is 13.5. The number of hydrogen-bond donors (Lipinski definition) is 2. The molecule has 0 bridgehead atoms. The third-order valence-corrected chi connectivity index (χ3v) is 6.12. The number of imide groups is 1. The van der Waals surface area contributed by atoms with Gasteiger partial charge in [0.15, 0.2) is 0 Å². The van der Waals surface area contributed by atoms with Gasteiger partial charge in [0.2, 0.25) is 0 Å². The molecule has 34 heavy (non-hydrogen) atoms. The molecule has 2 N–H and O–H groups in total. The average Bonchev–Trinajstić information content (AvgIpc) is 3.02. The van der Waals surface area contributed by atoms with E-state index < -0.39 is 17.8 Å². The van der Waals surface area contributed by atoms with Crippen molar-refractivity contribution >= 4 is 75.6 Å². The molecule has 11 heteroatoms. The van der Waals surface area contributed by atoms with E-state index in [9.17, 15) is 19.5 Å². The Morgan fingerprint density at radius 3 is 2.15 bits per heavy atom. The summed E-state index contributed by atoms with van der Waals surface area (Å²) in [6, 6.07) is 14.3. The van der Waals surface area contributed by atoms with Crippen molar-refractivity contribution in [2.75, 3.05) is 10.2 Å². The minimum Gasteiger partial charge on any atom is -0.506 e. The number of hydrogen-bond acceptors (Lipinski definition) is 6. The van der Waals surface area contributed by atoms with Crippen LogP contribution in [-0.2, 0) is 9.59 Å². The number of anilines is 2. The minimum absolute atomic E-state index is 0.114. The monoisotopic (exact) mass is 536 g/mol. The topological polar surface area (TPSA) is 95.9 Å². The van der Waals surface area contributed by atoms with Crippen molar-refractivity contribution in [3.63, 3.8) is 0 Å². The van der Waals surface area contributed by atoms with Gasteiger partial charge >= 0.3 is 5.97 Å². The number of carbonyl (C=O) groups is 3. The van der Waals surface area contributed by atoms with Crippen molar-refractivity contribution in [2.24, 2.45) is 0 Å². The summed E-state index contributed by atoms with van der Waals surface area (Å²) in [7, 11) is 0. The summed E-state index contributed by atoms with van der Waals surface area (Å²) in [4.78, 5) is 38.7. The molecule has 4 rings (SSSR count). The lowest BCUT2D eigenvalue weighted by molar-refractivity contribution is -0.120. The van der Waals surface area contributed by atoms with Crippen LogP contribution in [0.5, 0.6) is 11.5 Å². The standard InChI is InChI=1S/C23H12Cl4N2O5/c24-15-7-5-13(9-17(15)26)29-21(31)19(27)20(22(29)32)28-12-3-1-11(2-4-12)23(33)34-14-6-8-16(25)18(30)10-14/h1-10,28,30H. The number of aromatic hydroxyl groups is 1. The third kappa shape index (κ3) is 4.69. The summed E-state index contributed by atoms with van der Waals surface area (Å²) in [6.45, 7) is 0. The Kier molecular flexibility index (Phi) is 6.72. The van der Waals surface area contributed by atoms with E-state index in [0.717, 1.165) is 4.90 Å². The largest absolute Gasteiger partial charge is 0.506 e.